The van der Waals surface area contributed by atoms with Gasteiger partial charge >= 0.3 is 0 Å². The van der Waals surface area contributed by atoms with Crippen LogP contribution in [-0.2, 0) is 0 Å². The summed E-state index contributed by atoms with van der Waals surface area (Å²) in [7, 11) is 0. The van der Waals surface area contributed by atoms with Gasteiger partial charge in [-0.05, 0) is 54.8 Å². The van der Waals surface area contributed by atoms with Crippen molar-refractivity contribution in [2.24, 2.45) is 0 Å². The van der Waals surface area contributed by atoms with E-state index in [-0.39, 0.29) is 5.91 Å². The second kappa shape index (κ2) is 6.41. The molecule has 5 nitrogen and oxygen atoms in total. The predicted octanol–water partition coefficient (Wildman–Crippen LogP) is 4.19. The van der Waals surface area contributed by atoms with Gasteiger partial charge in [0.2, 0.25) is 0 Å². The highest BCUT2D eigenvalue weighted by Crippen LogP contribution is 2.47. The summed E-state index contributed by atoms with van der Waals surface area (Å²) in [4.78, 5) is 20.1. The second-order valence-corrected chi connectivity index (χ2v) is 8.04. The van der Waals surface area contributed by atoms with Crippen molar-refractivity contribution in [1.82, 2.24) is 9.88 Å². The van der Waals surface area contributed by atoms with Crippen molar-refractivity contribution in [3.8, 4) is 11.1 Å². The summed E-state index contributed by atoms with van der Waals surface area (Å²) in [5.74, 6) is -0.0514. The molecular formula is C20H16ClN3O2S. The van der Waals surface area contributed by atoms with Crippen molar-refractivity contribution >= 4 is 46.0 Å². The number of carbonyl (C=O) groups is 1. The molecule has 2 N–H and O–H groups in total. The fourth-order valence-electron chi connectivity index (χ4n) is 3.69. The van der Waals surface area contributed by atoms with E-state index in [9.17, 15) is 9.90 Å². The van der Waals surface area contributed by atoms with Crippen LogP contribution in [0.25, 0.3) is 22.0 Å². The Balaban J connectivity index is 1.63. The monoisotopic (exact) mass is 397 g/mol. The smallest absolute Gasteiger partial charge is 0.253 e. The molecule has 3 aromatic rings. The molecule has 1 atom stereocenters. The van der Waals surface area contributed by atoms with Gasteiger partial charge < -0.3 is 14.7 Å². The van der Waals surface area contributed by atoms with Crippen molar-refractivity contribution in [2.75, 3.05) is 17.8 Å². The van der Waals surface area contributed by atoms with Gasteiger partial charge in [0.1, 0.15) is 0 Å². The Labute approximate surface area is 165 Å². The average Bonchev–Trinajstić information content (AvgIpc) is 3.13. The van der Waals surface area contributed by atoms with Gasteiger partial charge in [0.05, 0.1) is 22.3 Å². The number of aliphatic hydroxyl groups excluding tert-OH is 1. The van der Waals surface area contributed by atoms with E-state index in [0.717, 1.165) is 32.6 Å². The summed E-state index contributed by atoms with van der Waals surface area (Å²) >= 11 is 8.01. The van der Waals surface area contributed by atoms with Crippen LogP contribution in [0.15, 0.2) is 47.5 Å². The molecule has 0 aliphatic carbocycles. The Kier molecular flexibility index (Phi) is 4.00. The Morgan fingerprint density at radius 2 is 2.19 bits per heavy atom. The van der Waals surface area contributed by atoms with E-state index in [1.807, 2.05) is 36.4 Å². The molecule has 27 heavy (non-hydrogen) atoms. The van der Waals surface area contributed by atoms with Gasteiger partial charge in [-0.25, -0.2) is 0 Å². The van der Waals surface area contributed by atoms with Crippen LogP contribution in [0.5, 0.6) is 0 Å². The largest absolute Gasteiger partial charge is 0.391 e. The number of nitrogens with zero attached hydrogens (tertiary/aromatic N) is 2. The van der Waals surface area contributed by atoms with Crippen LogP contribution < -0.4 is 4.72 Å². The van der Waals surface area contributed by atoms with Gasteiger partial charge in [0, 0.05) is 46.3 Å². The number of likely N-dealkylation sites (tertiary alicyclic amines) is 1. The van der Waals surface area contributed by atoms with Crippen molar-refractivity contribution < 1.29 is 9.90 Å². The van der Waals surface area contributed by atoms with Gasteiger partial charge in [0.15, 0.2) is 0 Å². The summed E-state index contributed by atoms with van der Waals surface area (Å²) in [5, 5.41) is 11.3. The van der Waals surface area contributed by atoms with E-state index in [1.165, 1.54) is 11.9 Å². The Hall–Kier alpha value is -2.28. The number of carbonyl (C=O) groups excluding carboxylic acids is 1. The number of pyridine rings is 1. The lowest BCUT2D eigenvalue weighted by Gasteiger charge is -2.23. The first-order chi connectivity index (χ1) is 13.1. The number of aliphatic hydroxyl groups is 1. The quantitative estimate of drug-likeness (QED) is 0.602. The lowest BCUT2D eigenvalue weighted by molar-refractivity contribution is 0.0765. The number of anilines is 1. The molecule has 1 amide bonds. The number of benzene rings is 2. The zero-order chi connectivity index (χ0) is 18.5. The molecule has 2 aliphatic heterocycles. The molecule has 0 saturated carbocycles. The standard InChI is InChI=1S/C20H16ClN3O2S/c21-16-9-15-14-8-11(20(26)24-7-5-12(25)10-24)3-4-17(14)27-23-19(15)18-13(16)2-1-6-22-18/h1-4,6,8-9,12,23,25H,5,7,10H2. The van der Waals surface area contributed by atoms with Crippen LogP contribution in [0.2, 0.25) is 5.02 Å². The summed E-state index contributed by atoms with van der Waals surface area (Å²) in [6.45, 7) is 0.980. The lowest BCUT2D eigenvalue weighted by atomic mass is 9.98. The summed E-state index contributed by atoms with van der Waals surface area (Å²) < 4.78 is 3.37. The fourth-order valence-corrected chi connectivity index (χ4v) is 4.79. The molecule has 3 heterocycles. The van der Waals surface area contributed by atoms with E-state index in [0.29, 0.717) is 30.1 Å². The third-order valence-electron chi connectivity index (χ3n) is 5.07. The van der Waals surface area contributed by atoms with Crippen LogP contribution in [0.4, 0.5) is 5.69 Å². The Bertz CT molecular complexity index is 1090. The molecule has 0 bridgehead atoms. The molecule has 7 heteroatoms. The number of amides is 1. The summed E-state index contributed by atoms with van der Waals surface area (Å²) in [5.41, 5.74) is 4.25. The van der Waals surface area contributed by atoms with E-state index in [4.69, 9.17) is 11.6 Å². The molecule has 2 aromatic carbocycles. The summed E-state index contributed by atoms with van der Waals surface area (Å²) in [6.07, 6.45) is 1.95. The minimum atomic E-state index is -0.427. The van der Waals surface area contributed by atoms with Crippen LogP contribution >= 0.6 is 23.5 Å². The molecular weight excluding hydrogens is 382 g/mol. The topological polar surface area (TPSA) is 65.5 Å². The molecule has 1 saturated heterocycles. The van der Waals surface area contributed by atoms with Gasteiger partial charge in [0.25, 0.3) is 5.91 Å². The molecule has 2 aliphatic rings. The maximum atomic E-state index is 12.8. The normalized spacial score (nSPS) is 18.1. The molecule has 1 fully saturated rings. The first kappa shape index (κ1) is 16.9. The number of halogens is 1. The van der Waals surface area contributed by atoms with E-state index >= 15 is 0 Å². The number of fused-ring (bicyclic) bond motifs is 5. The van der Waals surface area contributed by atoms with E-state index < -0.39 is 6.10 Å². The number of β-amino-alcohol motifs (C(OH)–C–C–N with tert-alkyl or cyclic N) is 1. The van der Waals surface area contributed by atoms with Crippen LogP contribution in [0, 0.1) is 0 Å². The van der Waals surface area contributed by atoms with Crippen molar-refractivity contribution in [3.63, 3.8) is 0 Å². The fraction of sp³-hybridized carbons (Fsp3) is 0.200. The van der Waals surface area contributed by atoms with Gasteiger partial charge in [-0.2, -0.15) is 0 Å². The molecule has 0 spiro atoms. The highest BCUT2D eigenvalue weighted by atomic mass is 35.5. The second-order valence-electron chi connectivity index (χ2n) is 6.79. The Morgan fingerprint density at radius 3 is 3.00 bits per heavy atom. The third-order valence-corrected chi connectivity index (χ3v) is 6.27. The molecule has 1 aromatic heterocycles. The highest BCUT2D eigenvalue weighted by molar-refractivity contribution is 8.00. The number of rotatable bonds is 1. The van der Waals surface area contributed by atoms with Gasteiger partial charge in [-0.1, -0.05) is 11.6 Å². The van der Waals surface area contributed by atoms with Gasteiger partial charge in [-0.15, -0.1) is 0 Å². The zero-order valence-corrected chi connectivity index (χ0v) is 15.8. The van der Waals surface area contributed by atoms with Crippen molar-refractivity contribution in [2.45, 2.75) is 17.4 Å². The number of nitrogens with one attached hydrogen (secondary N) is 1. The third kappa shape index (κ3) is 2.76. The molecule has 136 valence electrons. The average molecular weight is 398 g/mol. The maximum absolute atomic E-state index is 12.8. The maximum Gasteiger partial charge on any atom is 0.253 e. The Morgan fingerprint density at radius 1 is 1.30 bits per heavy atom. The minimum absolute atomic E-state index is 0.0514. The summed E-state index contributed by atoms with van der Waals surface area (Å²) in [6, 6.07) is 11.5. The first-order valence-corrected chi connectivity index (χ1v) is 9.93. The zero-order valence-electron chi connectivity index (χ0n) is 14.3. The molecule has 0 radical (unpaired) electrons. The van der Waals surface area contributed by atoms with Crippen LogP contribution in [0.1, 0.15) is 16.8 Å². The predicted molar refractivity (Wildman–Crippen MR) is 108 cm³/mol. The van der Waals surface area contributed by atoms with Gasteiger partial charge in [-0.3, -0.25) is 9.78 Å². The first-order valence-electron chi connectivity index (χ1n) is 8.73. The molecule has 5 rings (SSSR count). The SMILES string of the molecule is O=C(c1ccc2c(c1)-c1cc(Cl)c3cccnc3c1NS2)N1CCC(O)C1. The van der Waals surface area contributed by atoms with E-state index in [2.05, 4.69) is 9.71 Å². The van der Waals surface area contributed by atoms with Crippen molar-refractivity contribution in [3.05, 3.63) is 53.2 Å². The number of hydrogen-bond donors (Lipinski definition) is 2. The lowest BCUT2D eigenvalue weighted by Crippen LogP contribution is -2.29. The number of hydrogen-bond acceptors (Lipinski definition) is 5. The van der Waals surface area contributed by atoms with E-state index in [1.54, 1.807) is 11.1 Å². The highest BCUT2D eigenvalue weighted by Gasteiger charge is 2.27. The van der Waals surface area contributed by atoms with Crippen LogP contribution in [-0.4, -0.2) is 40.1 Å². The minimum Gasteiger partial charge on any atom is -0.391 e. The molecule has 1 unspecified atom stereocenters. The van der Waals surface area contributed by atoms with Crippen molar-refractivity contribution in [1.29, 1.82) is 0 Å². The number of aromatic nitrogens is 1. The van der Waals surface area contributed by atoms with Crippen LogP contribution in [0.3, 0.4) is 0 Å².